The fourth-order valence-electron chi connectivity index (χ4n) is 3.41. The molecular weight excluding hydrogens is 359 g/mol. The number of hydrogen-bond acceptors (Lipinski definition) is 2. The van der Waals surface area contributed by atoms with E-state index in [-0.39, 0.29) is 18.3 Å². The highest BCUT2D eigenvalue weighted by atomic mass is 35.5. The quantitative estimate of drug-likeness (QED) is 0.530. The van der Waals surface area contributed by atoms with Crippen molar-refractivity contribution in [1.82, 2.24) is 0 Å². The molecule has 0 unspecified atom stereocenters. The third-order valence-corrected chi connectivity index (χ3v) is 5.65. The van der Waals surface area contributed by atoms with E-state index in [9.17, 15) is 9.59 Å². The summed E-state index contributed by atoms with van der Waals surface area (Å²) in [6.07, 6.45) is 10.3. The number of ketones is 1. The molecule has 0 aliphatic heterocycles. The summed E-state index contributed by atoms with van der Waals surface area (Å²) >= 11 is 12.2. The lowest BCUT2D eigenvalue weighted by molar-refractivity contribution is -0.137. The van der Waals surface area contributed by atoms with Gasteiger partial charge in [0.1, 0.15) is 5.78 Å². The van der Waals surface area contributed by atoms with Crippen LogP contribution in [0, 0.1) is 11.8 Å². The van der Waals surface area contributed by atoms with Crippen LogP contribution < -0.4 is 0 Å². The molecule has 0 aromatic heterocycles. The van der Waals surface area contributed by atoms with Crippen LogP contribution in [0.5, 0.6) is 0 Å². The molecule has 25 heavy (non-hydrogen) atoms. The Hall–Kier alpha value is -1.32. The zero-order chi connectivity index (χ0) is 18.2. The molecule has 1 aromatic carbocycles. The maximum Gasteiger partial charge on any atom is 0.303 e. The Labute approximate surface area is 159 Å². The summed E-state index contributed by atoms with van der Waals surface area (Å²) < 4.78 is 0. The lowest BCUT2D eigenvalue weighted by Gasteiger charge is -2.15. The summed E-state index contributed by atoms with van der Waals surface area (Å²) in [6, 6.07) is 5.54. The number of benzene rings is 1. The molecule has 136 valence electrons. The van der Waals surface area contributed by atoms with Gasteiger partial charge in [-0.3, -0.25) is 9.59 Å². The molecule has 2 atom stereocenters. The zero-order valence-corrected chi connectivity index (χ0v) is 15.7. The maximum absolute atomic E-state index is 12.2. The number of Topliss-reactive ketones (excluding diaryl/α,β-unsaturated/α-hetero) is 1. The van der Waals surface area contributed by atoms with E-state index < -0.39 is 5.97 Å². The number of carboxylic acid groups (broad SMARTS) is 1. The smallest absolute Gasteiger partial charge is 0.303 e. The van der Waals surface area contributed by atoms with E-state index >= 15 is 0 Å². The molecule has 5 heteroatoms. The summed E-state index contributed by atoms with van der Waals surface area (Å²) in [4.78, 5) is 22.7. The van der Waals surface area contributed by atoms with Crippen LogP contribution in [0.1, 0.15) is 56.9 Å². The first kappa shape index (κ1) is 20.0. The van der Waals surface area contributed by atoms with Crippen LogP contribution >= 0.6 is 23.2 Å². The van der Waals surface area contributed by atoms with Crippen LogP contribution in [0.2, 0.25) is 10.0 Å². The summed E-state index contributed by atoms with van der Waals surface area (Å²) in [6.45, 7) is 0. The van der Waals surface area contributed by atoms with E-state index in [1.54, 1.807) is 6.07 Å². The second kappa shape index (κ2) is 9.98. The van der Waals surface area contributed by atoms with E-state index in [0.717, 1.165) is 37.7 Å². The second-order valence-corrected chi connectivity index (χ2v) is 7.41. The van der Waals surface area contributed by atoms with Gasteiger partial charge in [-0.15, -0.1) is 0 Å². The Morgan fingerprint density at radius 3 is 2.72 bits per heavy atom. The minimum atomic E-state index is -0.740. The summed E-state index contributed by atoms with van der Waals surface area (Å²) in [5.41, 5.74) is 0.876. The van der Waals surface area contributed by atoms with Gasteiger partial charge < -0.3 is 5.11 Å². The van der Waals surface area contributed by atoms with Gasteiger partial charge >= 0.3 is 5.97 Å². The van der Waals surface area contributed by atoms with Crippen LogP contribution in [0.25, 0.3) is 6.08 Å². The van der Waals surface area contributed by atoms with Gasteiger partial charge in [0.05, 0.1) is 10.0 Å². The number of carboxylic acids is 1. The van der Waals surface area contributed by atoms with E-state index in [1.165, 1.54) is 0 Å². The van der Waals surface area contributed by atoms with Gasteiger partial charge in [0.25, 0.3) is 0 Å². The predicted octanol–water partition coefficient (Wildman–Crippen LogP) is 6.03. The van der Waals surface area contributed by atoms with E-state index in [2.05, 4.69) is 6.08 Å². The molecule has 3 nitrogen and oxygen atoms in total. The normalized spacial score (nSPS) is 20.5. The highest BCUT2D eigenvalue weighted by Gasteiger charge is 2.32. The predicted molar refractivity (Wildman–Crippen MR) is 102 cm³/mol. The zero-order valence-electron chi connectivity index (χ0n) is 14.2. The monoisotopic (exact) mass is 382 g/mol. The van der Waals surface area contributed by atoms with Crippen molar-refractivity contribution >= 4 is 41.0 Å². The van der Waals surface area contributed by atoms with Crippen LogP contribution in [0.4, 0.5) is 0 Å². The number of aliphatic carboxylic acids is 1. The minimum Gasteiger partial charge on any atom is -0.481 e. The Bertz CT molecular complexity index is 640. The van der Waals surface area contributed by atoms with E-state index in [0.29, 0.717) is 28.7 Å². The molecule has 0 saturated heterocycles. The number of carbonyl (C=O) groups excluding carboxylic acids is 1. The lowest BCUT2D eigenvalue weighted by atomic mass is 9.89. The SMILES string of the molecule is O=C(O)CCCCCC[C@@H]1C(=O)CC[C@H]1C=Cc1cccc(Cl)c1Cl. The highest BCUT2D eigenvalue weighted by molar-refractivity contribution is 6.42. The molecule has 1 aliphatic carbocycles. The number of carbonyl (C=O) groups is 2. The van der Waals surface area contributed by atoms with Gasteiger partial charge in [0.2, 0.25) is 0 Å². The van der Waals surface area contributed by atoms with Crippen LogP contribution in [-0.2, 0) is 9.59 Å². The molecule has 2 rings (SSSR count). The average molecular weight is 383 g/mol. The Morgan fingerprint density at radius 2 is 1.96 bits per heavy atom. The second-order valence-electron chi connectivity index (χ2n) is 6.62. The number of allylic oxidation sites excluding steroid dienone is 1. The fourth-order valence-corrected chi connectivity index (χ4v) is 3.78. The molecule has 0 spiro atoms. The van der Waals surface area contributed by atoms with Gasteiger partial charge in [-0.25, -0.2) is 0 Å². The molecule has 1 aliphatic rings. The molecular formula is C20H24Cl2O3. The third kappa shape index (κ3) is 6.16. The van der Waals surface area contributed by atoms with Gasteiger partial charge in [-0.1, -0.05) is 66.7 Å². The average Bonchev–Trinajstić information content (AvgIpc) is 2.92. The van der Waals surface area contributed by atoms with Gasteiger partial charge in [-0.05, 0) is 36.8 Å². The van der Waals surface area contributed by atoms with Crippen molar-refractivity contribution in [2.45, 2.75) is 51.4 Å². The third-order valence-electron chi connectivity index (χ3n) is 4.81. The first-order valence-electron chi connectivity index (χ1n) is 8.85. The molecule has 0 amide bonds. The Morgan fingerprint density at radius 1 is 1.20 bits per heavy atom. The minimum absolute atomic E-state index is 0.0775. The van der Waals surface area contributed by atoms with Crippen molar-refractivity contribution < 1.29 is 14.7 Å². The van der Waals surface area contributed by atoms with Crippen LogP contribution in [0.15, 0.2) is 24.3 Å². The molecule has 1 N–H and O–H groups in total. The molecule has 1 aromatic rings. The molecule has 0 bridgehead atoms. The van der Waals surface area contributed by atoms with Gasteiger partial charge in [-0.2, -0.15) is 0 Å². The number of unbranched alkanes of at least 4 members (excludes halogenated alkanes) is 3. The molecule has 1 fully saturated rings. The van der Waals surface area contributed by atoms with Crippen molar-refractivity contribution in [1.29, 1.82) is 0 Å². The summed E-state index contributed by atoms with van der Waals surface area (Å²) in [5.74, 6) is -0.0662. The molecule has 0 heterocycles. The van der Waals surface area contributed by atoms with Crippen LogP contribution in [-0.4, -0.2) is 16.9 Å². The highest BCUT2D eigenvalue weighted by Crippen LogP contribution is 2.35. The van der Waals surface area contributed by atoms with E-state index in [4.69, 9.17) is 28.3 Å². The first-order chi connectivity index (χ1) is 12.0. The Kier molecular flexibility index (Phi) is 7.98. The lowest BCUT2D eigenvalue weighted by Crippen LogP contribution is -2.13. The molecule has 1 saturated carbocycles. The number of halogens is 2. The van der Waals surface area contributed by atoms with Crippen molar-refractivity contribution in [2.24, 2.45) is 11.8 Å². The summed E-state index contributed by atoms with van der Waals surface area (Å²) in [5, 5.41) is 9.70. The van der Waals surface area contributed by atoms with Crippen molar-refractivity contribution in [3.05, 3.63) is 39.9 Å². The summed E-state index contributed by atoms with van der Waals surface area (Å²) in [7, 11) is 0. The Balaban J connectivity index is 1.85. The van der Waals surface area contributed by atoms with Crippen molar-refractivity contribution in [3.63, 3.8) is 0 Å². The topological polar surface area (TPSA) is 54.4 Å². The number of hydrogen-bond donors (Lipinski definition) is 1. The number of rotatable bonds is 9. The largest absolute Gasteiger partial charge is 0.481 e. The molecule has 0 radical (unpaired) electrons. The van der Waals surface area contributed by atoms with Gasteiger partial charge in [0.15, 0.2) is 0 Å². The standard InChI is InChI=1S/C20H24Cl2O3/c21-17-8-5-6-15(20(17)22)11-10-14-12-13-18(23)16(14)7-3-1-2-4-9-19(24)25/h5-6,8,10-11,14,16H,1-4,7,9,12-13H2,(H,24,25)/t14-,16+/m1/s1. The van der Waals surface area contributed by atoms with Crippen molar-refractivity contribution in [2.75, 3.05) is 0 Å². The van der Waals surface area contributed by atoms with Gasteiger partial charge in [0, 0.05) is 18.8 Å². The van der Waals surface area contributed by atoms with Crippen LogP contribution in [0.3, 0.4) is 0 Å². The van der Waals surface area contributed by atoms with E-state index in [1.807, 2.05) is 18.2 Å². The first-order valence-corrected chi connectivity index (χ1v) is 9.61. The maximum atomic E-state index is 12.2. The fraction of sp³-hybridized carbons (Fsp3) is 0.500. The van der Waals surface area contributed by atoms with Crippen molar-refractivity contribution in [3.8, 4) is 0 Å².